The predicted octanol–water partition coefficient (Wildman–Crippen LogP) is 3.17. The van der Waals surface area contributed by atoms with E-state index in [1.165, 1.54) is 18.9 Å². The summed E-state index contributed by atoms with van der Waals surface area (Å²) < 4.78 is 27.5. The molecule has 0 saturated carbocycles. The van der Waals surface area contributed by atoms with E-state index in [0.717, 1.165) is 36.6 Å². The van der Waals surface area contributed by atoms with Crippen LogP contribution in [0.3, 0.4) is 0 Å². The first-order valence-electron chi connectivity index (χ1n) is 8.61. The number of anilines is 1. The molecule has 0 aliphatic carbocycles. The van der Waals surface area contributed by atoms with Gasteiger partial charge in [-0.15, -0.1) is 0 Å². The van der Waals surface area contributed by atoms with Gasteiger partial charge in [0.2, 0.25) is 0 Å². The molecular weight excluding hydrogens is 324 g/mol. The van der Waals surface area contributed by atoms with Crippen LogP contribution in [0, 0.1) is 11.6 Å². The molecule has 134 valence electrons. The summed E-state index contributed by atoms with van der Waals surface area (Å²) in [5, 5.41) is 13.4. The topological polar surface area (TPSA) is 48.4 Å². The molecule has 2 atom stereocenters. The largest absolute Gasteiger partial charge is 0.387 e. The Morgan fingerprint density at radius 1 is 1.16 bits per heavy atom. The average molecular weight is 347 g/mol. The molecule has 1 aromatic carbocycles. The summed E-state index contributed by atoms with van der Waals surface area (Å²) in [4.78, 5) is 6.73. The van der Waals surface area contributed by atoms with E-state index in [9.17, 15) is 13.9 Å². The van der Waals surface area contributed by atoms with Gasteiger partial charge in [0.25, 0.3) is 0 Å². The van der Waals surface area contributed by atoms with Crippen molar-refractivity contribution in [3.63, 3.8) is 0 Å². The predicted molar refractivity (Wildman–Crippen MR) is 93.3 cm³/mol. The van der Waals surface area contributed by atoms with Gasteiger partial charge < -0.3 is 15.3 Å². The molecule has 0 spiro atoms. The number of hydrogen-bond donors (Lipinski definition) is 2. The maximum atomic E-state index is 13.8. The molecule has 1 aliphatic heterocycles. The van der Waals surface area contributed by atoms with Crippen molar-refractivity contribution in [3.8, 4) is 0 Å². The van der Waals surface area contributed by atoms with Crippen LogP contribution in [0.4, 0.5) is 14.6 Å². The van der Waals surface area contributed by atoms with Crippen molar-refractivity contribution in [3.05, 3.63) is 59.3 Å². The summed E-state index contributed by atoms with van der Waals surface area (Å²) in [6.45, 7) is 4.24. The number of nitrogens with one attached hydrogen (secondary N) is 1. The molecule has 6 heteroatoms. The van der Waals surface area contributed by atoms with Crippen LogP contribution in [0.5, 0.6) is 0 Å². The van der Waals surface area contributed by atoms with Crippen molar-refractivity contribution >= 4 is 5.82 Å². The first-order valence-corrected chi connectivity index (χ1v) is 8.61. The number of aromatic nitrogens is 1. The van der Waals surface area contributed by atoms with E-state index in [4.69, 9.17) is 0 Å². The highest BCUT2D eigenvalue weighted by molar-refractivity contribution is 5.40. The quantitative estimate of drug-likeness (QED) is 0.843. The van der Waals surface area contributed by atoms with Gasteiger partial charge in [0.15, 0.2) is 0 Å². The summed E-state index contributed by atoms with van der Waals surface area (Å²) in [7, 11) is 0. The molecule has 4 nitrogen and oxygen atoms in total. The minimum Gasteiger partial charge on any atom is -0.387 e. The van der Waals surface area contributed by atoms with Gasteiger partial charge in [0.05, 0.1) is 11.7 Å². The summed E-state index contributed by atoms with van der Waals surface area (Å²) in [5.74, 6) is -0.502. The van der Waals surface area contributed by atoms with Crippen molar-refractivity contribution in [1.82, 2.24) is 10.3 Å². The van der Waals surface area contributed by atoms with Crippen molar-refractivity contribution in [2.24, 2.45) is 0 Å². The summed E-state index contributed by atoms with van der Waals surface area (Å²) in [6.07, 6.45) is 2.93. The highest BCUT2D eigenvalue weighted by Gasteiger charge is 2.23. The number of hydrogen-bond acceptors (Lipinski definition) is 4. The first kappa shape index (κ1) is 17.8. The Morgan fingerprint density at radius 3 is 2.44 bits per heavy atom. The Balaban J connectivity index is 1.59. The number of aliphatic hydroxyl groups is 1. The standard InChI is InChI=1S/C19H23F2N3O/c1-13(19(25)18-15(20)5-4-6-16(18)21)22-11-14-7-8-17(23-12-14)24-9-2-3-10-24/h4-8,12-13,19,22,25H,2-3,9-11H2,1H3/t13-,19+/m0/s1. The van der Waals surface area contributed by atoms with Crippen molar-refractivity contribution in [2.45, 2.75) is 38.5 Å². The summed E-state index contributed by atoms with van der Waals surface area (Å²) >= 11 is 0. The number of aliphatic hydroxyl groups excluding tert-OH is 1. The number of halogens is 2. The lowest BCUT2D eigenvalue weighted by Crippen LogP contribution is -2.32. The molecule has 1 aliphatic rings. The minimum atomic E-state index is -1.27. The van der Waals surface area contributed by atoms with E-state index in [-0.39, 0.29) is 5.56 Å². The third-order valence-corrected chi connectivity index (χ3v) is 4.64. The van der Waals surface area contributed by atoms with Gasteiger partial charge in [0, 0.05) is 31.9 Å². The summed E-state index contributed by atoms with van der Waals surface area (Å²) in [6, 6.07) is 7.04. The molecule has 0 amide bonds. The molecule has 0 radical (unpaired) electrons. The van der Waals surface area contributed by atoms with Gasteiger partial charge in [-0.3, -0.25) is 0 Å². The zero-order valence-corrected chi connectivity index (χ0v) is 14.3. The highest BCUT2D eigenvalue weighted by Crippen LogP contribution is 2.23. The third kappa shape index (κ3) is 4.14. The van der Waals surface area contributed by atoms with Gasteiger partial charge in [-0.05, 0) is 43.5 Å². The molecule has 0 bridgehead atoms. The molecule has 3 rings (SSSR count). The van der Waals surface area contributed by atoms with Crippen molar-refractivity contribution < 1.29 is 13.9 Å². The Bertz CT molecular complexity index is 682. The van der Waals surface area contributed by atoms with Crippen LogP contribution in [0.1, 0.15) is 37.0 Å². The van der Waals surface area contributed by atoms with Gasteiger partial charge in [0.1, 0.15) is 17.5 Å². The first-order chi connectivity index (χ1) is 12.1. The van der Waals surface area contributed by atoms with E-state index in [1.54, 1.807) is 13.1 Å². The molecule has 1 fully saturated rings. The SMILES string of the molecule is C[C@H](NCc1ccc(N2CCCC2)nc1)[C@@H](O)c1c(F)cccc1F. The van der Waals surface area contributed by atoms with E-state index in [0.29, 0.717) is 6.54 Å². The van der Waals surface area contributed by atoms with E-state index >= 15 is 0 Å². The zero-order valence-electron chi connectivity index (χ0n) is 14.3. The fourth-order valence-corrected chi connectivity index (χ4v) is 3.09. The fraction of sp³-hybridized carbons (Fsp3) is 0.421. The van der Waals surface area contributed by atoms with Crippen LogP contribution < -0.4 is 10.2 Å². The number of benzene rings is 1. The molecule has 2 aromatic rings. The van der Waals surface area contributed by atoms with Gasteiger partial charge >= 0.3 is 0 Å². The highest BCUT2D eigenvalue weighted by atomic mass is 19.1. The monoisotopic (exact) mass is 347 g/mol. The minimum absolute atomic E-state index is 0.301. The summed E-state index contributed by atoms with van der Waals surface area (Å²) in [5.41, 5.74) is 0.654. The lowest BCUT2D eigenvalue weighted by molar-refractivity contribution is 0.127. The third-order valence-electron chi connectivity index (χ3n) is 4.64. The van der Waals surface area contributed by atoms with Crippen molar-refractivity contribution in [1.29, 1.82) is 0 Å². The lowest BCUT2D eigenvalue weighted by atomic mass is 10.0. The normalized spacial score (nSPS) is 16.9. The fourth-order valence-electron chi connectivity index (χ4n) is 3.09. The molecule has 25 heavy (non-hydrogen) atoms. The van der Waals surface area contributed by atoms with Gasteiger partial charge in [-0.1, -0.05) is 12.1 Å². The molecule has 1 aromatic heterocycles. The van der Waals surface area contributed by atoms with Crippen LogP contribution in [-0.2, 0) is 6.54 Å². The van der Waals surface area contributed by atoms with Gasteiger partial charge in [-0.25, -0.2) is 13.8 Å². The van der Waals surface area contributed by atoms with Crippen LogP contribution in [0.2, 0.25) is 0 Å². The molecule has 0 unspecified atom stereocenters. The number of rotatable bonds is 6. The maximum absolute atomic E-state index is 13.8. The molecule has 1 saturated heterocycles. The molecule has 2 heterocycles. The average Bonchev–Trinajstić information content (AvgIpc) is 3.14. The Morgan fingerprint density at radius 2 is 1.84 bits per heavy atom. The Labute approximate surface area is 146 Å². The molecule has 2 N–H and O–H groups in total. The zero-order chi connectivity index (χ0) is 17.8. The second kappa shape index (κ2) is 7.89. The smallest absolute Gasteiger partial charge is 0.132 e. The van der Waals surface area contributed by atoms with E-state index in [2.05, 4.69) is 15.2 Å². The second-order valence-corrected chi connectivity index (χ2v) is 6.47. The van der Waals surface area contributed by atoms with E-state index in [1.807, 2.05) is 12.1 Å². The lowest BCUT2D eigenvalue weighted by Gasteiger charge is -2.22. The van der Waals surface area contributed by atoms with Crippen LogP contribution >= 0.6 is 0 Å². The Kier molecular flexibility index (Phi) is 5.60. The van der Waals surface area contributed by atoms with Gasteiger partial charge in [-0.2, -0.15) is 0 Å². The number of nitrogens with zero attached hydrogens (tertiary/aromatic N) is 2. The Hall–Kier alpha value is -2.05. The molecular formula is C19H23F2N3O. The maximum Gasteiger partial charge on any atom is 0.132 e. The van der Waals surface area contributed by atoms with Crippen LogP contribution in [0.15, 0.2) is 36.5 Å². The number of pyridine rings is 1. The van der Waals surface area contributed by atoms with Crippen molar-refractivity contribution in [2.75, 3.05) is 18.0 Å². The van der Waals surface area contributed by atoms with E-state index < -0.39 is 23.8 Å². The second-order valence-electron chi connectivity index (χ2n) is 6.47. The van der Waals surface area contributed by atoms with Crippen LogP contribution in [0.25, 0.3) is 0 Å². The van der Waals surface area contributed by atoms with Crippen LogP contribution in [-0.4, -0.2) is 29.2 Å².